The first kappa shape index (κ1) is 56.1. The van der Waals surface area contributed by atoms with E-state index in [-0.39, 0.29) is 25.2 Å². The van der Waals surface area contributed by atoms with E-state index in [9.17, 15) is 54.0 Å². The average Bonchev–Trinajstić information content (AvgIpc) is 3.22. The number of hydrogen-bond acceptors (Lipinski definition) is 12. The number of nitrogens with two attached hydrogens (primary N) is 1. The predicted octanol–water partition coefficient (Wildman–Crippen LogP) is 1.71. The van der Waals surface area contributed by atoms with Crippen LogP contribution in [0.1, 0.15) is 163 Å². The third kappa shape index (κ3) is 24.1. The van der Waals surface area contributed by atoms with Gasteiger partial charge in [0.25, 0.3) is 0 Å². The number of nitrogens with one attached hydrogen (secondary N) is 5. The quantitative estimate of drug-likeness (QED) is 0.0406. The monoisotopic (exact) mass is 887 g/mol. The normalized spacial score (nSPS) is 20.5. The van der Waals surface area contributed by atoms with E-state index in [0.717, 1.165) is 26.2 Å². The highest BCUT2D eigenvalue weighted by molar-refractivity contribution is 5.92. The Kier molecular flexibility index (Phi) is 29.6. The van der Waals surface area contributed by atoms with Crippen LogP contribution < -0.4 is 32.3 Å². The molecule has 19 heteroatoms. The largest absolute Gasteiger partial charge is 0.480 e. The van der Waals surface area contributed by atoms with E-state index in [1.807, 2.05) is 0 Å². The number of carboxylic acids is 1. The van der Waals surface area contributed by atoms with Gasteiger partial charge in [0.05, 0.1) is 6.61 Å². The Morgan fingerprint density at radius 1 is 0.694 bits per heavy atom. The number of aliphatic hydroxyl groups excluding tert-OH is 3. The Morgan fingerprint density at radius 3 is 1.77 bits per heavy atom. The standard InChI is InChI=1S/C43H78N6O13/c1-5-6-7-8-9-10-11-12-13-14-15-16-17-18-19-23-34(52)45-26-21-20-22-32(42(58)59)48-35(53)25-24-31(39(44)55)49-40(56)28(2)46-41(57)29(3)61-38-36(47-30(4)51)43(60)62-33(27-50)37(38)54/h28-29,31-33,36-38,43,50,54,60H,5-27H2,1-4H3,(H2,44,55)(H,45,52)(H,46,57)(H,47,51)(H,48,53)(H,49,56)(H,58,59)/t28-,29+,31+,32-,33+,36+,37+,38+,43?/m0/s1. The predicted molar refractivity (Wildman–Crippen MR) is 230 cm³/mol. The van der Waals surface area contributed by atoms with Crippen molar-refractivity contribution in [3.8, 4) is 0 Å². The number of amides is 6. The number of ether oxygens (including phenoxy) is 2. The van der Waals surface area contributed by atoms with Gasteiger partial charge in [0.1, 0.15) is 48.6 Å². The summed E-state index contributed by atoms with van der Waals surface area (Å²) in [5, 5.41) is 52.5. The Hall–Kier alpha value is -3.91. The number of carboxylic acid groups (broad SMARTS) is 1. The zero-order valence-corrected chi connectivity index (χ0v) is 37.5. The average molecular weight is 887 g/mol. The van der Waals surface area contributed by atoms with Crippen LogP contribution in [0.3, 0.4) is 0 Å². The summed E-state index contributed by atoms with van der Waals surface area (Å²) >= 11 is 0. The van der Waals surface area contributed by atoms with Crippen molar-refractivity contribution in [2.45, 2.75) is 217 Å². The maximum Gasteiger partial charge on any atom is 0.326 e. The molecule has 62 heavy (non-hydrogen) atoms. The van der Waals surface area contributed by atoms with Gasteiger partial charge < -0.3 is 62.2 Å². The third-order valence-electron chi connectivity index (χ3n) is 10.9. The van der Waals surface area contributed by atoms with Crippen LogP contribution >= 0.6 is 0 Å². The van der Waals surface area contributed by atoms with Crippen LogP contribution in [0, 0.1) is 0 Å². The second kappa shape index (κ2) is 32.7. The zero-order valence-electron chi connectivity index (χ0n) is 37.5. The molecule has 0 aliphatic carbocycles. The molecular weight excluding hydrogens is 809 g/mol. The van der Waals surface area contributed by atoms with Crippen LogP contribution in [-0.4, -0.2) is 130 Å². The van der Waals surface area contributed by atoms with Crippen molar-refractivity contribution in [1.82, 2.24) is 26.6 Å². The minimum atomic E-state index is -1.68. The highest BCUT2D eigenvalue weighted by Gasteiger charge is 2.47. The molecule has 0 aromatic carbocycles. The molecule has 11 N–H and O–H groups in total. The van der Waals surface area contributed by atoms with Crippen molar-refractivity contribution in [1.29, 1.82) is 0 Å². The van der Waals surface area contributed by atoms with E-state index in [4.69, 9.17) is 15.2 Å². The first-order chi connectivity index (χ1) is 29.5. The van der Waals surface area contributed by atoms with Gasteiger partial charge in [-0.05, 0) is 46.0 Å². The fraction of sp³-hybridized carbons (Fsp3) is 0.837. The molecular formula is C43H78N6O13. The Labute approximate surface area is 367 Å². The van der Waals surface area contributed by atoms with Crippen LogP contribution in [0.2, 0.25) is 0 Å². The molecule has 0 radical (unpaired) electrons. The SMILES string of the molecule is CCCCCCCCCCCCCCCCCC(=O)NCCCC[C@H](NC(=O)CC[C@@H](NC(=O)[C@H](C)NC(=O)[C@@H](C)O[C@H]1[C@H](O)[C@@H](CO)OC(O)[C@@H]1NC(C)=O)C(N)=O)C(=O)O. The van der Waals surface area contributed by atoms with Crippen LogP contribution in [0.4, 0.5) is 0 Å². The van der Waals surface area contributed by atoms with E-state index < -0.39 is 97.0 Å². The summed E-state index contributed by atoms with van der Waals surface area (Å²) in [6, 6.07) is -5.14. The van der Waals surface area contributed by atoms with Gasteiger partial charge in [0.2, 0.25) is 35.4 Å². The minimum absolute atomic E-state index is 0.0393. The summed E-state index contributed by atoms with van der Waals surface area (Å²) < 4.78 is 10.8. The molecule has 0 bridgehead atoms. The summed E-state index contributed by atoms with van der Waals surface area (Å²) in [6.45, 7) is 5.65. The topological polar surface area (TPSA) is 305 Å². The number of primary amides is 1. The number of unbranched alkanes of at least 4 members (excludes halogenated alkanes) is 15. The molecule has 1 aliphatic heterocycles. The van der Waals surface area contributed by atoms with Gasteiger partial charge in [-0.3, -0.25) is 28.8 Å². The third-order valence-corrected chi connectivity index (χ3v) is 10.9. The first-order valence-electron chi connectivity index (χ1n) is 22.8. The molecule has 1 saturated heterocycles. The first-order valence-corrected chi connectivity index (χ1v) is 22.8. The van der Waals surface area contributed by atoms with Crippen LogP contribution in [0.15, 0.2) is 0 Å². The number of rotatable bonds is 35. The molecule has 6 amide bonds. The zero-order chi connectivity index (χ0) is 46.5. The summed E-state index contributed by atoms with van der Waals surface area (Å²) in [7, 11) is 0. The minimum Gasteiger partial charge on any atom is -0.480 e. The van der Waals surface area contributed by atoms with E-state index in [0.29, 0.717) is 25.8 Å². The molecule has 0 spiro atoms. The lowest BCUT2D eigenvalue weighted by atomic mass is 9.96. The molecule has 0 aromatic heterocycles. The number of carbonyl (C=O) groups excluding carboxylic acids is 6. The molecule has 1 unspecified atom stereocenters. The molecule has 1 fully saturated rings. The van der Waals surface area contributed by atoms with Crippen LogP contribution in [0.5, 0.6) is 0 Å². The molecule has 0 saturated carbocycles. The molecule has 0 aromatic rings. The van der Waals surface area contributed by atoms with Gasteiger partial charge in [-0.25, -0.2) is 4.79 Å². The van der Waals surface area contributed by atoms with Gasteiger partial charge in [0.15, 0.2) is 6.29 Å². The lowest BCUT2D eigenvalue weighted by Crippen LogP contribution is -2.65. The van der Waals surface area contributed by atoms with Gasteiger partial charge in [-0.15, -0.1) is 0 Å². The van der Waals surface area contributed by atoms with Crippen molar-refractivity contribution >= 4 is 41.4 Å². The smallest absolute Gasteiger partial charge is 0.326 e. The summed E-state index contributed by atoms with van der Waals surface area (Å²) in [5.74, 6) is -5.26. The van der Waals surface area contributed by atoms with Crippen molar-refractivity contribution in [3.63, 3.8) is 0 Å². The van der Waals surface area contributed by atoms with E-state index >= 15 is 0 Å². The maximum absolute atomic E-state index is 12.9. The van der Waals surface area contributed by atoms with Crippen LogP contribution in [0.25, 0.3) is 0 Å². The Bertz CT molecular complexity index is 1360. The van der Waals surface area contributed by atoms with Gasteiger partial charge in [0, 0.05) is 26.3 Å². The lowest BCUT2D eigenvalue weighted by Gasteiger charge is -2.43. The molecule has 1 heterocycles. The highest BCUT2D eigenvalue weighted by Crippen LogP contribution is 2.24. The van der Waals surface area contributed by atoms with Crippen molar-refractivity contribution < 1.29 is 63.5 Å². The van der Waals surface area contributed by atoms with E-state index in [1.165, 1.54) is 90.9 Å². The number of aliphatic carboxylic acids is 1. The number of carbonyl (C=O) groups is 7. The van der Waals surface area contributed by atoms with Crippen molar-refractivity contribution in [3.05, 3.63) is 0 Å². The van der Waals surface area contributed by atoms with E-state index in [1.54, 1.807) is 0 Å². The Balaban J connectivity index is 2.36. The lowest BCUT2D eigenvalue weighted by molar-refractivity contribution is -0.266. The summed E-state index contributed by atoms with van der Waals surface area (Å²) in [6.07, 6.45) is 12.3. The van der Waals surface area contributed by atoms with Crippen molar-refractivity contribution in [2.75, 3.05) is 13.2 Å². The molecule has 9 atom stereocenters. The number of aliphatic hydroxyl groups is 3. The second-order valence-corrected chi connectivity index (χ2v) is 16.4. The van der Waals surface area contributed by atoms with Gasteiger partial charge in [-0.1, -0.05) is 96.8 Å². The summed E-state index contributed by atoms with van der Waals surface area (Å²) in [5.41, 5.74) is 5.45. The fourth-order valence-electron chi connectivity index (χ4n) is 7.16. The molecule has 1 aliphatic rings. The highest BCUT2D eigenvalue weighted by atomic mass is 16.6. The Morgan fingerprint density at radius 2 is 1.26 bits per heavy atom. The van der Waals surface area contributed by atoms with E-state index in [2.05, 4.69) is 33.5 Å². The van der Waals surface area contributed by atoms with Crippen LogP contribution in [-0.2, 0) is 43.0 Å². The fourth-order valence-corrected chi connectivity index (χ4v) is 7.16. The van der Waals surface area contributed by atoms with Crippen molar-refractivity contribution in [2.24, 2.45) is 5.73 Å². The van der Waals surface area contributed by atoms with Gasteiger partial charge >= 0.3 is 5.97 Å². The molecule has 19 nitrogen and oxygen atoms in total. The number of hydrogen-bond donors (Lipinski definition) is 10. The molecule has 1 rings (SSSR count). The maximum atomic E-state index is 12.9. The van der Waals surface area contributed by atoms with Gasteiger partial charge in [-0.2, -0.15) is 0 Å². The summed E-state index contributed by atoms with van der Waals surface area (Å²) in [4.78, 5) is 86.4. The molecule has 358 valence electrons. The second-order valence-electron chi connectivity index (χ2n) is 16.4.